The number of carbonyl (C=O) groups excluding carboxylic acids is 2. The van der Waals surface area contributed by atoms with Crippen molar-refractivity contribution in [2.75, 3.05) is 20.3 Å². The predicted octanol–water partition coefficient (Wildman–Crippen LogP) is 2.03. The Morgan fingerprint density at radius 2 is 1.85 bits per heavy atom. The Labute approximate surface area is 228 Å². The van der Waals surface area contributed by atoms with Gasteiger partial charge in [0.05, 0.1) is 32.3 Å². The molecule has 39 heavy (non-hydrogen) atoms. The summed E-state index contributed by atoms with van der Waals surface area (Å²) in [6, 6.07) is 12.2. The third-order valence-corrected chi connectivity index (χ3v) is 8.04. The van der Waals surface area contributed by atoms with Crippen LogP contribution in [0, 0.1) is 5.92 Å². The minimum atomic E-state index is -1.13. The number of nitrogens with one attached hydrogen (secondary N) is 1. The molecule has 1 heterocycles. The van der Waals surface area contributed by atoms with Crippen molar-refractivity contribution in [3.05, 3.63) is 70.8 Å². The van der Waals surface area contributed by atoms with Gasteiger partial charge in [0.15, 0.2) is 11.5 Å². The summed E-state index contributed by atoms with van der Waals surface area (Å²) in [6.07, 6.45) is 3.28. The molecule has 3 aliphatic rings. The van der Waals surface area contributed by atoms with Crippen molar-refractivity contribution in [1.82, 2.24) is 10.2 Å². The van der Waals surface area contributed by atoms with Crippen LogP contribution in [0.3, 0.4) is 0 Å². The van der Waals surface area contributed by atoms with Crippen molar-refractivity contribution in [2.45, 2.75) is 63.0 Å². The maximum Gasteiger partial charge on any atom is 0.247 e. The Morgan fingerprint density at radius 1 is 1.10 bits per heavy atom. The molecule has 1 saturated carbocycles. The van der Waals surface area contributed by atoms with E-state index in [2.05, 4.69) is 5.32 Å². The molecule has 0 spiro atoms. The molecule has 0 unspecified atom stereocenters. The zero-order valence-corrected chi connectivity index (χ0v) is 22.1. The van der Waals surface area contributed by atoms with Crippen LogP contribution < -0.4 is 14.8 Å². The molecule has 0 radical (unpaired) electrons. The van der Waals surface area contributed by atoms with E-state index < -0.39 is 30.1 Å². The molecule has 1 aliphatic heterocycles. The monoisotopic (exact) mass is 536 g/mol. The molecule has 5 rings (SSSR count). The van der Waals surface area contributed by atoms with Crippen LogP contribution >= 0.6 is 0 Å². The van der Waals surface area contributed by atoms with Crippen molar-refractivity contribution in [1.29, 1.82) is 0 Å². The highest BCUT2D eigenvalue weighted by Crippen LogP contribution is 2.51. The second-order valence-corrected chi connectivity index (χ2v) is 10.5. The lowest BCUT2D eigenvalue weighted by Gasteiger charge is -2.41. The van der Waals surface area contributed by atoms with E-state index in [9.17, 15) is 24.9 Å². The first-order valence-electron chi connectivity index (χ1n) is 13.6. The molecule has 0 saturated heterocycles. The van der Waals surface area contributed by atoms with Crippen LogP contribution in [0.5, 0.6) is 11.5 Å². The molecule has 9 nitrogen and oxygen atoms in total. The fraction of sp³-hybridized carbons (Fsp3) is 0.467. The standard InChI is InChI=1S/C30H36N2O7/c1-38-24-14-19(17-34)13-21-25-22(29(36)31-11-12-33)15-23(26(35)28(25)39-27(21)24)32(16-18-7-3-2-4-8-18)30(37)20-9-5-6-10-20/h2-4,7-8,13-15,20,23,25-26,28,33-35H,5-6,9-12,16-17H2,1H3,(H,31,36)/t23-,25+,26+,28+/m1/s1. The summed E-state index contributed by atoms with van der Waals surface area (Å²) >= 11 is 0. The molecule has 208 valence electrons. The summed E-state index contributed by atoms with van der Waals surface area (Å²) in [4.78, 5) is 29.1. The number of aliphatic hydroxyl groups excluding tert-OH is 3. The smallest absolute Gasteiger partial charge is 0.247 e. The van der Waals surface area contributed by atoms with Crippen LogP contribution in [0.4, 0.5) is 0 Å². The van der Waals surface area contributed by atoms with E-state index >= 15 is 0 Å². The minimum absolute atomic E-state index is 0.0409. The molecule has 1 fully saturated rings. The van der Waals surface area contributed by atoms with E-state index in [1.54, 1.807) is 23.1 Å². The largest absolute Gasteiger partial charge is 0.493 e. The second kappa shape index (κ2) is 11.8. The van der Waals surface area contributed by atoms with Crippen molar-refractivity contribution < 1.29 is 34.4 Å². The first kappa shape index (κ1) is 27.2. The molecule has 9 heteroatoms. The number of methoxy groups -OCH3 is 1. The molecule has 4 N–H and O–H groups in total. The van der Waals surface area contributed by atoms with Gasteiger partial charge in [-0.3, -0.25) is 9.59 Å². The minimum Gasteiger partial charge on any atom is -0.493 e. The Balaban J connectivity index is 1.59. The summed E-state index contributed by atoms with van der Waals surface area (Å²) < 4.78 is 11.8. The van der Waals surface area contributed by atoms with Gasteiger partial charge in [-0.1, -0.05) is 43.2 Å². The van der Waals surface area contributed by atoms with Gasteiger partial charge in [0.25, 0.3) is 0 Å². The van der Waals surface area contributed by atoms with Crippen molar-refractivity contribution in [2.24, 2.45) is 5.92 Å². The summed E-state index contributed by atoms with van der Waals surface area (Å²) in [5.74, 6) is -0.428. The molecule has 0 bridgehead atoms. The van der Waals surface area contributed by atoms with Crippen LogP contribution in [0.15, 0.2) is 54.1 Å². The van der Waals surface area contributed by atoms with E-state index in [0.29, 0.717) is 28.2 Å². The lowest BCUT2D eigenvalue weighted by molar-refractivity contribution is -0.142. The normalized spacial score (nSPS) is 23.8. The van der Waals surface area contributed by atoms with Crippen LogP contribution in [0.1, 0.15) is 48.3 Å². The lowest BCUT2D eigenvalue weighted by atomic mass is 9.77. The number of fused-ring (bicyclic) bond motifs is 3. The SMILES string of the molecule is COc1cc(CO)cc2c1O[C@@H]1[C@@H](O)[C@H](N(Cc3ccccc3)C(=O)C3CCCC3)C=C(C(=O)NCCO)[C@H]21. The number of rotatable bonds is 9. The Hall–Kier alpha value is -3.40. The van der Waals surface area contributed by atoms with Gasteiger partial charge in [0, 0.05) is 30.1 Å². The molecular weight excluding hydrogens is 500 g/mol. The number of hydrogen-bond acceptors (Lipinski definition) is 7. The van der Waals surface area contributed by atoms with Crippen LogP contribution in [-0.2, 0) is 22.7 Å². The highest BCUT2D eigenvalue weighted by molar-refractivity contribution is 5.96. The average molecular weight is 537 g/mol. The number of carbonyl (C=O) groups is 2. The van der Waals surface area contributed by atoms with Crippen molar-refractivity contribution in [3.63, 3.8) is 0 Å². The Kier molecular flexibility index (Phi) is 8.20. The van der Waals surface area contributed by atoms with Crippen LogP contribution in [-0.4, -0.2) is 70.5 Å². The fourth-order valence-corrected chi connectivity index (χ4v) is 6.14. The maximum atomic E-state index is 13.9. The Bertz CT molecular complexity index is 1230. The molecule has 2 aromatic rings. The zero-order valence-electron chi connectivity index (χ0n) is 22.1. The van der Waals surface area contributed by atoms with Gasteiger partial charge in [-0.2, -0.15) is 0 Å². The van der Waals surface area contributed by atoms with Crippen molar-refractivity contribution in [3.8, 4) is 11.5 Å². The van der Waals surface area contributed by atoms with Gasteiger partial charge in [-0.15, -0.1) is 0 Å². The zero-order chi connectivity index (χ0) is 27.5. The van der Waals surface area contributed by atoms with E-state index in [1.165, 1.54) is 7.11 Å². The summed E-state index contributed by atoms with van der Waals surface area (Å²) in [5, 5.41) is 33.7. The number of amides is 2. The van der Waals surface area contributed by atoms with E-state index in [4.69, 9.17) is 9.47 Å². The molecular formula is C30H36N2O7. The fourth-order valence-electron chi connectivity index (χ4n) is 6.14. The average Bonchev–Trinajstić information content (AvgIpc) is 3.64. The summed E-state index contributed by atoms with van der Waals surface area (Å²) in [6.45, 7) is -0.122. The van der Waals surface area contributed by atoms with Crippen LogP contribution in [0.2, 0.25) is 0 Å². The number of aliphatic hydroxyl groups is 3. The third kappa shape index (κ3) is 5.26. The van der Waals surface area contributed by atoms with Crippen LogP contribution in [0.25, 0.3) is 0 Å². The first-order valence-corrected chi connectivity index (χ1v) is 13.6. The van der Waals surface area contributed by atoms with E-state index in [-0.39, 0.29) is 38.1 Å². The van der Waals surface area contributed by atoms with Gasteiger partial charge in [0.1, 0.15) is 12.2 Å². The quantitative estimate of drug-likeness (QED) is 0.386. The second-order valence-electron chi connectivity index (χ2n) is 10.5. The number of benzene rings is 2. The highest BCUT2D eigenvalue weighted by Gasteiger charge is 2.51. The maximum absolute atomic E-state index is 13.9. The van der Waals surface area contributed by atoms with Crippen molar-refractivity contribution >= 4 is 11.8 Å². The molecule has 4 atom stereocenters. The van der Waals surface area contributed by atoms with Gasteiger partial charge in [-0.05, 0) is 42.2 Å². The van der Waals surface area contributed by atoms with Gasteiger partial charge in [-0.25, -0.2) is 0 Å². The summed E-state index contributed by atoms with van der Waals surface area (Å²) in [5.41, 5.74) is 2.48. The Morgan fingerprint density at radius 3 is 2.51 bits per heavy atom. The topological polar surface area (TPSA) is 129 Å². The molecule has 0 aromatic heterocycles. The number of hydrogen-bond donors (Lipinski definition) is 4. The van der Waals surface area contributed by atoms with Gasteiger partial charge >= 0.3 is 0 Å². The number of ether oxygens (including phenoxy) is 2. The summed E-state index contributed by atoms with van der Waals surface area (Å²) in [7, 11) is 1.49. The molecule has 2 amide bonds. The molecule has 2 aromatic carbocycles. The highest BCUT2D eigenvalue weighted by atomic mass is 16.5. The van der Waals surface area contributed by atoms with E-state index in [0.717, 1.165) is 31.2 Å². The predicted molar refractivity (Wildman–Crippen MR) is 143 cm³/mol. The first-order chi connectivity index (χ1) is 19.0. The third-order valence-electron chi connectivity index (χ3n) is 8.04. The number of nitrogens with zero attached hydrogens (tertiary/aromatic N) is 1. The van der Waals surface area contributed by atoms with Gasteiger partial charge < -0.3 is 35.0 Å². The van der Waals surface area contributed by atoms with Gasteiger partial charge in [0.2, 0.25) is 11.8 Å². The van der Waals surface area contributed by atoms with E-state index in [1.807, 2.05) is 30.3 Å². The molecule has 2 aliphatic carbocycles. The lowest BCUT2D eigenvalue weighted by Crippen LogP contribution is -2.56.